The molecule has 2 rings (SSSR count). The van der Waals surface area contributed by atoms with Gasteiger partial charge >= 0.3 is 6.61 Å². The molecule has 0 amide bonds. The van der Waals surface area contributed by atoms with E-state index in [9.17, 15) is 8.78 Å². The van der Waals surface area contributed by atoms with Crippen molar-refractivity contribution in [1.29, 1.82) is 0 Å². The van der Waals surface area contributed by atoms with Crippen LogP contribution in [-0.4, -0.2) is 46.2 Å². The number of hydrogen-bond donors (Lipinski definition) is 2. The first-order valence-electron chi connectivity index (χ1n) is 8.03. The normalized spacial score (nSPS) is 12.7. The second-order valence-electron chi connectivity index (χ2n) is 5.09. The second-order valence-corrected chi connectivity index (χ2v) is 5.09. The van der Waals surface area contributed by atoms with Crippen LogP contribution in [0.1, 0.15) is 18.9 Å². The van der Waals surface area contributed by atoms with E-state index in [4.69, 9.17) is 14.2 Å². The third-order valence-electron chi connectivity index (χ3n) is 3.40. The van der Waals surface area contributed by atoms with E-state index in [1.165, 1.54) is 6.07 Å². The van der Waals surface area contributed by atoms with Crippen LogP contribution in [0.15, 0.2) is 17.1 Å². The van der Waals surface area contributed by atoms with Gasteiger partial charge in [0.05, 0.1) is 0 Å². The smallest absolute Gasteiger partial charge is 0.387 e. The largest absolute Gasteiger partial charge is 0.454 e. The predicted octanol–water partition coefficient (Wildman–Crippen LogP) is 2.73. The summed E-state index contributed by atoms with van der Waals surface area (Å²) >= 11 is 0. The molecule has 7 nitrogen and oxygen atoms in total. The number of nitrogens with zero attached hydrogens (tertiary/aromatic N) is 1. The SMILES string of the molecule is CCOCCCNC(=NC)NCc1cc2c(cc1OC(F)F)OCO2.I. The Morgan fingerprint density at radius 1 is 1.27 bits per heavy atom. The number of aliphatic imine (C=N–C) groups is 1. The number of benzene rings is 1. The zero-order valence-electron chi connectivity index (χ0n) is 14.7. The van der Waals surface area contributed by atoms with Gasteiger partial charge in [0, 0.05) is 45.0 Å². The fourth-order valence-electron chi connectivity index (χ4n) is 2.23. The monoisotopic (exact) mass is 487 g/mol. The number of ether oxygens (including phenoxy) is 4. The Kier molecular flexibility index (Phi) is 10.3. The molecule has 0 saturated heterocycles. The Balaban J connectivity index is 0.00000338. The van der Waals surface area contributed by atoms with Crippen molar-refractivity contribution in [2.24, 2.45) is 4.99 Å². The van der Waals surface area contributed by atoms with Gasteiger partial charge in [0.25, 0.3) is 0 Å². The lowest BCUT2D eigenvalue weighted by molar-refractivity contribution is -0.0505. The third-order valence-corrected chi connectivity index (χ3v) is 3.40. The highest BCUT2D eigenvalue weighted by Gasteiger charge is 2.20. The molecule has 0 unspecified atom stereocenters. The molecule has 26 heavy (non-hydrogen) atoms. The summed E-state index contributed by atoms with van der Waals surface area (Å²) in [6.07, 6.45) is 0.832. The fraction of sp³-hybridized carbons (Fsp3) is 0.562. The highest BCUT2D eigenvalue weighted by Crippen LogP contribution is 2.38. The van der Waals surface area contributed by atoms with Gasteiger partial charge in [-0.25, -0.2) is 0 Å². The van der Waals surface area contributed by atoms with Crippen LogP contribution in [0.25, 0.3) is 0 Å². The number of guanidine groups is 1. The number of halogens is 3. The van der Waals surface area contributed by atoms with Gasteiger partial charge in [-0.3, -0.25) is 4.99 Å². The summed E-state index contributed by atoms with van der Waals surface area (Å²) in [5, 5.41) is 6.18. The maximum absolute atomic E-state index is 12.6. The van der Waals surface area contributed by atoms with E-state index in [0.29, 0.717) is 42.8 Å². The van der Waals surface area contributed by atoms with Gasteiger partial charge in [-0.2, -0.15) is 8.78 Å². The van der Waals surface area contributed by atoms with Gasteiger partial charge in [-0.15, -0.1) is 24.0 Å². The van der Waals surface area contributed by atoms with Gasteiger partial charge in [0.15, 0.2) is 17.5 Å². The van der Waals surface area contributed by atoms with Crippen LogP contribution in [-0.2, 0) is 11.3 Å². The zero-order valence-corrected chi connectivity index (χ0v) is 17.0. The summed E-state index contributed by atoms with van der Waals surface area (Å²) in [6.45, 7) is 1.35. The van der Waals surface area contributed by atoms with Crippen LogP contribution in [0.4, 0.5) is 8.78 Å². The number of nitrogens with one attached hydrogen (secondary N) is 2. The Morgan fingerprint density at radius 2 is 2.00 bits per heavy atom. The van der Waals surface area contributed by atoms with E-state index in [0.717, 1.165) is 6.42 Å². The molecule has 0 spiro atoms. The Morgan fingerprint density at radius 3 is 2.65 bits per heavy atom. The van der Waals surface area contributed by atoms with E-state index < -0.39 is 6.61 Å². The first kappa shape index (κ1) is 22.5. The molecule has 0 fully saturated rings. The van der Waals surface area contributed by atoms with Crippen LogP contribution in [0.2, 0.25) is 0 Å². The van der Waals surface area contributed by atoms with Crippen molar-refractivity contribution in [3.63, 3.8) is 0 Å². The highest BCUT2D eigenvalue weighted by molar-refractivity contribution is 14.0. The van der Waals surface area contributed by atoms with Crippen molar-refractivity contribution < 1.29 is 27.7 Å². The van der Waals surface area contributed by atoms with Gasteiger partial charge in [-0.1, -0.05) is 0 Å². The third kappa shape index (κ3) is 6.98. The molecule has 0 aliphatic carbocycles. The Hall–Kier alpha value is -1.56. The van der Waals surface area contributed by atoms with Gasteiger partial charge < -0.3 is 29.6 Å². The molecule has 1 heterocycles. The van der Waals surface area contributed by atoms with Crippen LogP contribution in [0.5, 0.6) is 17.2 Å². The molecule has 1 aliphatic heterocycles. The van der Waals surface area contributed by atoms with Crippen molar-refractivity contribution >= 4 is 29.9 Å². The van der Waals surface area contributed by atoms with Crippen molar-refractivity contribution in [1.82, 2.24) is 10.6 Å². The van der Waals surface area contributed by atoms with E-state index >= 15 is 0 Å². The standard InChI is InChI=1S/C16H23F2N3O4.HI/c1-3-22-6-4-5-20-16(19-2)21-9-11-7-13-14(24-10-23-13)8-12(11)25-15(17)18;/h7-8,15H,3-6,9-10H2,1-2H3,(H2,19,20,21);1H. The van der Waals surface area contributed by atoms with Crippen molar-refractivity contribution in [3.05, 3.63) is 17.7 Å². The average Bonchev–Trinajstić information content (AvgIpc) is 3.04. The molecule has 0 saturated carbocycles. The molecular weight excluding hydrogens is 463 g/mol. The lowest BCUT2D eigenvalue weighted by atomic mass is 10.1. The lowest BCUT2D eigenvalue weighted by Crippen LogP contribution is -2.37. The van der Waals surface area contributed by atoms with E-state index in [1.54, 1.807) is 13.1 Å². The van der Waals surface area contributed by atoms with Gasteiger partial charge in [0.1, 0.15) is 5.75 Å². The minimum atomic E-state index is -2.92. The van der Waals surface area contributed by atoms with E-state index in [2.05, 4.69) is 20.4 Å². The molecule has 1 aliphatic rings. The van der Waals surface area contributed by atoms with Crippen LogP contribution >= 0.6 is 24.0 Å². The summed E-state index contributed by atoms with van der Waals surface area (Å²) in [5.41, 5.74) is 0.516. The van der Waals surface area contributed by atoms with Crippen molar-refractivity contribution in [2.45, 2.75) is 26.5 Å². The highest BCUT2D eigenvalue weighted by atomic mass is 127. The Labute approximate surface area is 168 Å². The number of fused-ring (bicyclic) bond motifs is 1. The summed E-state index contributed by atoms with van der Waals surface area (Å²) in [4.78, 5) is 4.09. The fourth-order valence-corrected chi connectivity index (χ4v) is 2.23. The molecular formula is C16H24F2IN3O4. The van der Waals surface area contributed by atoms with Crippen LogP contribution in [0.3, 0.4) is 0 Å². The van der Waals surface area contributed by atoms with Crippen molar-refractivity contribution in [2.75, 3.05) is 33.6 Å². The molecule has 0 atom stereocenters. The minimum absolute atomic E-state index is 0. The first-order chi connectivity index (χ1) is 12.1. The topological polar surface area (TPSA) is 73.3 Å². The molecule has 1 aromatic rings. The molecule has 1 aromatic carbocycles. The molecule has 10 heteroatoms. The Bertz CT molecular complexity index is 591. The van der Waals surface area contributed by atoms with Gasteiger partial charge in [-0.05, 0) is 19.4 Å². The van der Waals surface area contributed by atoms with Gasteiger partial charge in [0.2, 0.25) is 6.79 Å². The molecule has 0 aromatic heterocycles. The first-order valence-corrected chi connectivity index (χ1v) is 8.03. The quantitative estimate of drug-likeness (QED) is 0.242. The molecule has 0 bridgehead atoms. The molecule has 2 N–H and O–H groups in total. The van der Waals surface area contributed by atoms with Crippen LogP contribution in [0, 0.1) is 0 Å². The predicted molar refractivity (Wildman–Crippen MR) is 104 cm³/mol. The maximum Gasteiger partial charge on any atom is 0.387 e. The molecule has 0 radical (unpaired) electrons. The molecule has 148 valence electrons. The maximum atomic E-state index is 12.6. The zero-order chi connectivity index (χ0) is 18.1. The van der Waals surface area contributed by atoms with Crippen molar-refractivity contribution in [3.8, 4) is 17.2 Å². The average molecular weight is 487 g/mol. The number of alkyl halides is 2. The summed E-state index contributed by atoms with van der Waals surface area (Å²) in [7, 11) is 1.63. The van der Waals surface area contributed by atoms with Crippen LogP contribution < -0.4 is 24.8 Å². The number of hydrogen-bond acceptors (Lipinski definition) is 5. The second kappa shape index (κ2) is 11.9. The minimum Gasteiger partial charge on any atom is -0.454 e. The summed E-state index contributed by atoms with van der Waals surface area (Å²) < 4.78 is 45.6. The van der Waals surface area contributed by atoms with E-state index in [1.807, 2.05) is 6.92 Å². The lowest BCUT2D eigenvalue weighted by Gasteiger charge is -2.15. The van der Waals surface area contributed by atoms with E-state index in [-0.39, 0.29) is 43.1 Å². The number of rotatable bonds is 9. The summed E-state index contributed by atoms with van der Waals surface area (Å²) in [5.74, 6) is 1.48. The summed E-state index contributed by atoms with van der Waals surface area (Å²) in [6, 6.07) is 3.03.